The number of benzene rings is 1. The Morgan fingerprint density at radius 2 is 2.00 bits per heavy atom. The van der Waals surface area contributed by atoms with Crippen LogP contribution in [0.15, 0.2) is 24.3 Å². The fraction of sp³-hybridized carbons (Fsp3) is 0.647. The Hall–Kier alpha value is -1.10. The molecule has 21 heavy (non-hydrogen) atoms. The Bertz CT molecular complexity index is 417. The second-order valence-corrected chi connectivity index (χ2v) is 5.66. The molecule has 4 nitrogen and oxygen atoms in total. The van der Waals surface area contributed by atoms with E-state index < -0.39 is 0 Å². The fourth-order valence-corrected chi connectivity index (χ4v) is 3.18. The Kier molecular flexibility index (Phi) is 6.49. The first kappa shape index (κ1) is 16.3. The van der Waals surface area contributed by atoms with Crippen LogP contribution in [0.5, 0.6) is 5.75 Å². The predicted molar refractivity (Wildman–Crippen MR) is 85.6 cm³/mol. The summed E-state index contributed by atoms with van der Waals surface area (Å²) < 4.78 is 11.0. The highest BCUT2D eigenvalue weighted by Crippen LogP contribution is 2.31. The lowest BCUT2D eigenvalue weighted by Gasteiger charge is -2.37. The van der Waals surface area contributed by atoms with Crippen LogP contribution in [0, 0.1) is 5.92 Å². The van der Waals surface area contributed by atoms with Crippen LogP contribution in [0.25, 0.3) is 0 Å². The van der Waals surface area contributed by atoms with Gasteiger partial charge in [-0.25, -0.2) is 0 Å². The van der Waals surface area contributed by atoms with Crippen LogP contribution in [0.2, 0.25) is 0 Å². The van der Waals surface area contributed by atoms with Crippen molar-refractivity contribution in [1.82, 2.24) is 4.90 Å². The third-order valence-electron chi connectivity index (χ3n) is 4.29. The van der Waals surface area contributed by atoms with Crippen molar-refractivity contribution in [3.8, 4) is 5.75 Å². The standard InChI is InChI=1S/C17H28N2O2/c1-3-21-17-7-5-4-6-15(17)16(12-18)19-10-8-14(9-11-19)13-20-2/h4-7,14,16H,3,8-13,18H2,1-2H3. The van der Waals surface area contributed by atoms with Crippen molar-refractivity contribution < 1.29 is 9.47 Å². The van der Waals surface area contributed by atoms with Crippen LogP contribution in [0.3, 0.4) is 0 Å². The molecule has 0 radical (unpaired) electrons. The average molecular weight is 292 g/mol. The molecule has 1 atom stereocenters. The molecule has 1 aliphatic heterocycles. The molecule has 1 aromatic carbocycles. The largest absolute Gasteiger partial charge is 0.494 e. The summed E-state index contributed by atoms with van der Waals surface area (Å²) in [6.45, 7) is 6.36. The number of hydrogen-bond donors (Lipinski definition) is 1. The van der Waals surface area contributed by atoms with Crippen LogP contribution < -0.4 is 10.5 Å². The van der Waals surface area contributed by atoms with Crippen molar-refractivity contribution >= 4 is 0 Å². The summed E-state index contributed by atoms with van der Waals surface area (Å²) in [6.07, 6.45) is 2.36. The summed E-state index contributed by atoms with van der Waals surface area (Å²) in [5.74, 6) is 1.65. The topological polar surface area (TPSA) is 47.7 Å². The normalized spacial score (nSPS) is 18.6. The molecule has 2 N–H and O–H groups in total. The molecule has 1 aromatic rings. The zero-order chi connectivity index (χ0) is 15.1. The molecule has 0 saturated carbocycles. The van der Waals surface area contributed by atoms with Gasteiger partial charge in [-0.05, 0) is 44.8 Å². The van der Waals surface area contributed by atoms with Crippen molar-refractivity contribution in [3.63, 3.8) is 0 Å². The van der Waals surface area contributed by atoms with Crippen LogP contribution in [-0.2, 0) is 4.74 Å². The number of nitrogens with two attached hydrogens (primary N) is 1. The van der Waals surface area contributed by atoms with Crippen LogP contribution in [0.4, 0.5) is 0 Å². The minimum absolute atomic E-state index is 0.247. The number of methoxy groups -OCH3 is 1. The minimum Gasteiger partial charge on any atom is -0.494 e. The van der Waals surface area contributed by atoms with Gasteiger partial charge in [0.1, 0.15) is 5.75 Å². The van der Waals surface area contributed by atoms with Crippen molar-refractivity contribution in [1.29, 1.82) is 0 Å². The smallest absolute Gasteiger partial charge is 0.124 e. The first-order valence-electron chi connectivity index (χ1n) is 7.94. The lowest BCUT2D eigenvalue weighted by atomic mass is 9.94. The number of rotatable bonds is 7. The van der Waals surface area contributed by atoms with Gasteiger partial charge in [-0.1, -0.05) is 18.2 Å². The molecule has 1 unspecified atom stereocenters. The van der Waals surface area contributed by atoms with E-state index >= 15 is 0 Å². The summed E-state index contributed by atoms with van der Waals surface area (Å²) in [5, 5.41) is 0. The summed E-state index contributed by atoms with van der Waals surface area (Å²) in [5.41, 5.74) is 7.29. The average Bonchev–Trinajstić information content (AvgIpc) is 2.52. The van der Waals surface area contributed by atoms with Crippen LogP contribution in [-0.4, -0.2) is 44.9 Å². The lowest BCUT2D eigenvalue weighted by molar-refractivity contribution is 0.0803. The van der Waals surface area contributed by atoms with Crippen molar-refractivity contribution in [3.05, 3.63) is 29.8 Å². The van der Waals surface area contributed by atoms with E-state index in [2.05, 4.69) is 17.0 Å². The summed E-state index contributed by atoms with van der Waals surface area (Å²) in [6, 6.07) is 8.52. The van der Waals surface area contributed by atoms with Crippen molar-refractivity contribution in [2.24, 2.45) is 11.7 Å². The molecule has 118 valence electrons. The molecule has 1 heterocycles. The van der Waals surface area contributed by atoms with Gasteiger partial charge >= 0.3 is 0 Å². The fourth-order valence-electron chi connectivity index (χ4n) is 3.18. The van der Waals surface area contributed by atoms with Gasteiger partial charge in [0, 0.05) is 25.8 Å². The number of ether oxygens (including phenoxy) is 2. The first-order chi connectivity index (χ1) is 10.3. The third kappa shape index (κ3) is 4.19. The van der Waals surface area contributed by atoms with E-state index in [0.717, 1.165) is 25.4 Å². The number of para-hydroxylation sites is 1. The number of likely N-dealkylation sites (tertiary alicyclic amines) is 1. The van der Waals surface area contributed by atoms with E-state index in [0.29, 0.717) is 19.1 Å². The Labute approximate surface area is 128 Å². The Morgan fingerprint density at radius 1 is 1.29 bits per heavy atom. The molecule has 0 aliphatic carbocycles. The molecule has 0 spiro atoms. The maximum atomic E-state index is 6.07. The highest BCUT2D eigenvalue weighted by atomic mass is 16.5. The Morgan fingerprint density at radius 3 is 2.62 bits per heavy atom. The third-order valence-corrected chi connectivity index (χ3v) is 4.29. The van der Waals surface area contributed by atoms with Gasteiger partial charge in [0.25, 0.3) is 0 Å². The maximum Gasteiger partial charge on any atom is 0.124 e. The van der Waals surface area contributed by atoms with Gasteiger partial charge in [-0.2, -0.15) is 0 Å². The maximum absolute atomic E-state index is 6.07. The molecule has 4 heteroatoms. The molecule has 0 aromatic heterocycles. The van der Waals surface area contributed by atoms with Gasteiger partial charge in [0.15, 0.2) is 0 Å². The van der Waals surface area contributed by atoms with Crippen LogP contribution in [0.1, 0.15) is 31.4 Å². The Balaban J connectivity index is 2.06. The highest BCUT2D eigenvalue weighted by Gasteiger charge is 2.26. The second kappa shape index (κ2) is 8.37. The first-order valence-corrected chi connectivity index (χ1v) is 7.94. The van der Waals surface area contributed by atoms with Gasteiger partial charge in [-0.15, -0.1) is 0 Å². The van der Waals surface area contributed by atoms with E-state index in [1.807, 2.05) is 19.1 Å². The lowest BCUT2D eigenvalue weighted by Crippen LogP contribution is -2.40. The van der Waals surface area contributed by atoms with E-state index in [-0.39, 0.29) is 6.04 Å². The second-order valence-electron chi connectivity index (χ2n) is 5.66. The SMILES string of the molecule is CCOc1ccccc1C(CN)N1CCC(COC)CC1. The molecule has 0 bridgehead atoms. The van der Waals surface area contributed by atoms with Gasteiger partial charge in [0.05, 0.1) is 12.6 Å². The molecule has 1 aliphatic rings. The molecule has 0 amide bonds. The monoisotopic (exact) mass is 292 g/mol. The highest BCUT2D eigenvalue weighted by molar-refractivity contribution is 5.36. The van der Waals surface area contributed by atoms with E-state index in [1.165, 1.54) is 18.4 Å². The summed E-state index contributed by atoms with van der Waals surface area (Å²) >= 11 is 0. The van der Waals surface area contributed by atoms with Crippen molar-refractivity contribution in [2.75, 3.05) is 40.0 Å². The number of hydrogen-bond acceptors (Lipinski definition) is 4. The zero-order valence-electron chi connectivity index (χ0n) is 13.3. The van der Waals surface area contributed by atoms with Gasteiger partial charge in [-0.3, -0.25) is 4.90 Å². The minimum atomic E-state index is 0.247. The van der Waals surface area contributed by atoms with E-state index in [9.17, 15) is 0 Å². The van der Waals surface area contributed by atoms with Gasteiger partial charge < -0.3 is 15.2 Å². The molecule has 1 fully saturated rings. The van der Waals surface area contributed by atoms with E-state index in [1.54, 1.807) is 7.11 Å². The molecular formula is C17H28N2O2. The van der Waals surface area contributed by atoms with Gasteiger partial charge in [0.2, 0.25) is 0 Å². The van der Waals surface area contributed by atoms with E-state index in [4.69, 9.17) is 15.2 Å². The summed E-state index contributed by atoms with van der Waals surface area (Å²) in [7, 11) is 1.79. The predicted octanol–water partition coefficient (Wildman–Crippen LogP) is 2.44. The molecular weight excluding hydrogens is 264 g/mol. The number of piperidine rings is 1. The van der Waals surface area contributed by atoms with Crippen LogP contribution >= 0.6 is 0 Å². The zero-order valence-corrected chi connectivity index (χ0v) is 13.3. The molecule has 1 saturated heterocycles. The quantitative estimate of drug-likeness (QED) is 0.838. The molecule has 2 rings (SSSR count). The summed E-state index contributed by atoms with van der Waals surface area (Å²) in [4.78, 5) is 2.49. The number of nitrogens with zero attached hydrogens (tertiary/aromatic N) is 1. The van der Waals surface area contributed by atoms with Crippen molar-refractivity contribution in [2.45, 2.75) is 25.8 Å².